The summed E-state index contributed by atoms with van der Waals surface area (Å²) < 4.78 is 6.18. The van der Waals surface area contributed by atoms with E-state index in [1.807, 2.05) is 12.2 Å². The lowest BCUT2D eigenvalue weighted by atomic mass is 9.85. The number of fused-ring (bicyclic) bond motifs is 6. The Morgan fingerprint density at radius 3 is 2.42 bits per heavy atom. The number of imide groups is 1. The summed E-state index contributed by atoms with van der Waals surface area (Å²) >= 11 is 3.28. The summed E-state index contributed by atoms with van der Waals surface area (Å²) in [4.78, 5) is 49.5. The van der Waals surface area contributed by atoms with Gasteiger partial charge in [0.2, 0.25) is 17.7 Å². The van der Waals surface area contributed by atoms with Gasteiger partial charge >= 0.3 is 0 Å². The molecule has 0 spiro atoms. The number of amides is 3. The molecule has 3 aromatic rings. The molecule has 0 radical (unpaired) electrons. The third-order valence-corrected chi connectivity index (χ3v) is 7.30. The van der Waals surface area contributed by atoms with Gasteiger partial charge < -0.3 is 9.73 Å². The zero-order valence-electron chi connectivity index (χ0n) is 17.3. The number of carbonyl (C=O) groups excluding carboxylic acids is 3. The molecule has 3 aliphatic rings. The van der Waals surface area contributed by atoms with E-state index in [1.165, 1.54) is 4.90 Å². The van der Waals surface area contributed by atoms with E-state index in [4.69, 9.17) is 4.42 Å². The average molecular weight is 507 g/mol. The highest BCUT2D eigenvalue weighted by atomic mass is 79.9. The molecular formula is C24H19BrN4O4. The molecular weight excluding hydrogens is 488 g/mol. The van der Waals surface area contributed by atoms with Crippen LogP contribution in [0, 0.1) is 23.7 Å². The summed E-state index contributed by atoms with van der Waals surface area (Å²) in [5.74, 6) is -0.860. The molecule has 2 aliphatic carbocycles. The highest BCUT2D eigenvalue weighted by molar-refractivity contribution is 9.10. The second kappa shape index (κ2) is 7.62. The molecule has 5 unspecified atom stereocenters. The van der Waals surface area contributed by atoms with Crippen LogP contribution in [-0.4, -0.2) is 32.6 Å². The van der Waals surface area contributed by atoms with Crippen LogP contribution in [-0.2, 0) is 14.4 Å². The SMILES string of the molecule is O=C(CC(c1ccc(Br)o1)N1C(=O)C2C3C=CC(C3)C2C1=O)Nc1ccc2nccnc2c1. The molecule has 1 saturated heterocycles. The van der Waals surface area contributed by atoms with Crippen molar-refractivity contribution in [3.8, 4) is 0 Å². The van der Waals surface area contributed by atoms with Gasteiger partial charge in [-0.15, -0.1) is 0 Å². The molecule has 8 nitrogen and oxygen atoms in total. The molecule has 5 atom stereocenters. The fourth-order valence-corrected chi connectivity index (χ4v) is 5.81. The van der Waals surface area contributed by atoms with E-state index in [0.717, 1.165) is 11.9 Å². The van der Waals surface area contributed by atoms with Crippen LogP contribution in [0.15, 0.2) is 64.0 Å². The lowest BCUT2D eigenvalue weighted by Gasteiger charge is -2.26. The van der Waals surface area contributed by atoms with Crippen LogP contribution in [0.2, 0.25) is 0 Å². The van der Waals surface area contributed by atoms with E-state index < -0.39 is 6.04 Å². The van der Waals surface area contributed by atoms with Gasteiger partial charge in [0.25, 0.3) is 0 Å². The van der Waals surface area contributed by atoms with Crippen molar-refractivity contribution >= 4 is 50.4 Å². The number of hydrogen-bond acceptors (Lipinski definition) is 6. The van der Waals surface area contributed by atoms with Crippen molar-refractivity contribution in [2.24, 2.45) is 23.7 Å². The summed E-state index contributed by atoms with van der Waals surface area (Å²) in [6.45, 7) is 0. The van der Waals surface area contributed by atoms with Crippen molar-refractivity contribution < 1.29 is 18.8 Å². The number of nitrogens with one attached hydrogen (secondary N) is 1. The molecule has 2 fully saturated rings. The molecule has 3 amide bonds. The number of carbonyl (C=O) groups is 3. The quantitative estimate of drug-likeness (QED) is 0.416. The number of allylic oxidation sites excluding steroid dienone is 2. The first-order valence-corrected chi connectivity index (χ1v) is 11.6. The molecule has 3 heterocycles. The largest absolute Gasteiger partial charge is 0.452 e. The monoisotopic (exact) mass is 506 g/mol. The minimum atomic E-state index is -0.818. The third-order valence-electron chi connectivity index (χ3n) is 6.87. The molecule has 2 aromatic heterocycles. The third kappa shape index (κ3) is 3.30. The Morgan fingerprint density at radius 1 is 1.06 bits per heavy atom. The van der Waals surface area contributed by atoms with Gasteiger partial charge in [0.1, 0.15) is 11.8 Å². The van der Waals surface area contributed by atoms with Crippen LogP contribution < -0.4 is 5.32 Å². The lowest BCUT2D eigenvalue weighted by molar-refractivity contribution is -0.144. The van der Waals surface area contributed by atoms with Gasteiger partial charge in [-0.3, -0.25) is 29.3 Å². The summed E-state index contributed by atoms with van der Waals surface area (Å²) in [5, 5.41) is 2.85. The second-order valence-corrected chi connectivity index (χ2v) is 9.50. The summed E-state index contributed by atoms with van der Waals surface area (Å²) in [6, 6.07) is 7.82. The van der Waals surface area contributed by atoms with Crippen LogP contribution in [0.3, 0.4) is 0 Å². The Kier molecular flexibility index (Phi) is 4.69. The fourth-order valence-electron chi connectivity index (χ4n) is 5.49. The molecule has 1 aliphatic heterocycles. The zero-order valence-corrected chi connectivity index (χ0v) is 18.9. The van der Waals surface area contributed by atoms with E-state index in [-0.39, 0.29) is 47.8 Å². The Morgan fingerprint density at radius 2 is 1.76 bits per heavy atom. The maximum atomic E-state index is 13.4. The van der Waals surface area contributed by atoms with Gasteiger partial charge in [0, 0.05) is 18.1 Å². The summed E-state index contributed by atoms with van der Waals surface area (Å²) in [6.07, 6.45) is 8.03. The molecule has 33 heavy (non-hydrogen) atoms. The fraction of sp³-hybridized carbons (Fsp3) is 0.292. The van der Waals surface area contributed by atoms with Gasteiger partial charge in [-0.2, -0.15) is 0 Å². The average Bonchev–Trinajstić information content (AvgIpc) is 3.57. The molecule has 9 heteroatoms. The minimum absolute atomic E-state index is 0.0953. The van der Waals surface area contributed by atoms with Crippen LogP contribution in [0.4, 0.5) is 5.69 Å². The molecule has 1 N–H and O–H groups in total. The van der Waals surface area contributed by atoms with Crippen LogP contribution in [0.5, 0.6) is 0 Å². The number of aromatic nitrogens is 2. The molecule has 1 saturated carbocycles. The van der Waals surface area contributed by atoms with Crippen molar-refractivity contribution in [1.82, 2.24) is 14.9 Å². The molecule has 166 valence electrons. The van der Waals surface area contributed by atoms with E-state index >= 15 is 0 Å². The Hall–Kier alpha value is -3.33. The van der Waals surface area contributed by atoms with Crippen molar-refractivity contribution in [3.63, 3.8) is 0 Å². The van der Waals surface area contributed by atoms with E-state index in [9.17, 15) is 14.4 Å². The summed E-state index contributed by atoms with van der Waals surface area (Å²) in [7, 11) is 0. The topological polar surface area (TPSA) is 105 Å². The van der Waals surface area contributed by atoms with Gasteiger partial charge in [-0.25, -0.2) is 0 Å². The Labute approximate surface area is 197 Å². The van der Waals surface area contributed by atoms with E-state index in [0.29, 0.717) is 21.6 Å². The van der Waals surface area contributed by atoms with Gasteiger partial charge in [-0.1, -0.05) is 12.2 Å². The van der Waals surface area contributed by atoms with Crippen LogP contribution in [0.1, 0.15) is 24.6 Å². The maximum Gasteiger partial charge on any atom is 0.234 e. The van der Waals surface area contributed by atoms with Crippen molar-refractivity contribution in [1.29, 1.82) is 0 Å². The number of halogens is 1. The number of anilines is 1. The highest BCUT2D eigenvalue weighted by Gasteiger charge is 2.60. The minimum Gasteiger partial charge on any atom is -0.452 e. The van der Waals surface area contributed by atoms with Crippen molar-refractivity contribution in [2.45, 2.75) is 18.9 Å². The smallest absolute Gasteiger partial charge is 0.234 e. The van der Waals surface area contributed by atoms with Crippen LogP contribution in [0.25, 0.3) is 11.0 Å². The standard InChI is InChI=1S/C24H19BrN4O4/c25-19-6-5-18(33-19)17(29-23(31)21-12-1-2-13(9-12)22(21)24(29)32)11-20(30)28-14-3-4-15-16(10-14)27-8-7-26-15/h1-8,10,12-13,17,21-22H,9,11H2,(H,28,30). The van der Waals surface area contributed by atoms with Crippen LogP contribution >= 0.6 is 15.9 Å². The van der Waals surface area contributed by atoms with Gasteiger partial charge in [0.05, 0.1) is 29.3 Å². The van der Waals surface area contributed by atoms with Gasteiger partial charge in [-0.05, 0) is 64.5 Å². The number of benzene rings is 1. The molecule has 1 aromatic carbocycles. The Bertz CT molecular complexity index is 1300. The number of nitrogens with zero attached hydrogens (tertiary/aromatic N) is 3. The normalized spacial score (nSPS) is 26.3. The summed E-state index contributed by atoms with van der Waals surface area (Å²) in [5.41, 5.74) is 1.94. The predicted molar refractivity (Wildman–Crippen MR) is 122 cm³/mol. The molecule has 6 rings (SSSR count). The number of rotatable bonds is 5. The molecule has 2 bridgehead atoms. The lowest BCUT2D eigenvalue weighted by Crippen LogP contribution is -2.38. The van der Waals surface area contributed by atoms with Gasteiger partial charge in [0.15, 0.2) is 4.67 Å². The van der Waals surface area contributed by atoms with Crippen molar-refractivity contribution in [3.05, 3.63) is 65.3 Å². The van der Waals surface area contributed by atoms with E-state index in [2.05, 4.69) is 31.2 Å². The Balaban J connectivity index is 1.28. The first-order valence-electron chi connectivity index (χ1n) is 10.8. The maximum absolute atomic E-state index is 13.4. The number of furan rings is 1. The highest BCUT2D eigenvalue weighted by Crippen LogP contribution is 2.54. The first kappa shape index (κ1) is 20.3. The zero-order chi connectivity index (χ0) is 22.7. The first-order chi connectivity index (χ1) is 16.0. The van der Waals surface area contributed by atoms with E-state index in [1.54, 1.807) is 42.7 Å². The predicted octanol–water partition coefficient (Wildman–Crippen LogP) is 3.86. The number of likely N-dealkylation sites (tertiary alicyclic amines) is 1. The number of hydrogen-bond donors (Lipinski definition) is 1. The van der Waals surface area contributed by atoms with Crippen molar-refractivity contribution in [2.75, 3.05) is 5.32 Å². The second-order valence-electron chi connectivity index (χ2n) is 8.72.